The molecule has 0 aromatic heterocycles. The molecule has 2 unspecified atom stereocenters. The van der Waals surface area contributed by atoms with Crippen LogP contribution in [-0.4, -0.2) is 34.9 Å². The van der Waals surface area contributed by atoms with Gasteiger partial charge in [-0.15, -0.1) is 0 Å². The smallest absolute Gasteiger partial charge is 0.220 e. The minimum Gasteiger partial charge on any atom is -0.394 e. The van der Waals surface area contributed by atoms with E-state index in [1.807, 2.05) is 6.08 Å². The van der Waals surface area contributed by atoms with Gasteiger partial charge in [-0.25, -0.2) is 0 Å². The largest absolute Gasteiger partial charge is 0.394 e. The molecule has 0 aromatic carbocycles. The van der Waals surface area contributed by atoms with Crippen LogP contribution in [0.4, 0.5) is 0 Å². The van der Waals surface area contributed by atoms with Gasteiger partial charge in [0.15, 0.2) is 0 Å². The van der Waals surface area contributed by atoms with Gasteiger partial charge in [0.05, 0.1) is 18.8 Å². The lowest BCUT2D eigenvalue weighted by molar-refractivity contribution is -0.123. The Morgan fingerprint density at radius 2 is 0.609 bits per heavy atom. The number of amides is 1. The Morgan fingerprint density at radius 3 is 0.906 bits per heavy atom. The Morgan fingerprint density at radius 1 is 0.359 bits per heavy atom. The number of carbonyl (C=O) groups is 1. The minimum atomic E-state index is -0.863. The molecule has 0 aliphatic heterocycles. The summed E-state index contributed by atoms with van der Waals surface area (Å²) in [7, 11) is 0. The van der Waals surface area contributed by atoms with Crippen LogP contribution in [0.5, 0.6) is 0 Å². The number of unbranched alkanes of at least 4 members (excludes halogenated alkanes) is 43. The van der Waals surface area contributed by atoms with Gasteiger partial charge in [-0.3, -0.25) is 4.79 Å². The number of nitrogens with one attached hydrogen (secondary N) is 1. The Bertz CT molecular complexity index is 974. The molecule has 0 aliphatic carbocycles. The molecule has 0 spiro atoms. The highest BCUT2D eigenvalue weighted by Gasteiger charge is 2.18. The maximum Gasteiger partial charge on any atom is 0.220 e. The fourth-order valence-corrected chi connectivity index (χ4v) is 9.13. The summed E-state index contributed by atoms with van der Waals surface area (Å²) in [6, 6.07) is -0.640. The first-order valence-electron chi connectivity index (χ1n) is 29.2. The molecule has 0 fully saturated rings. The molecule has 1 amide bonds. The SMILES string of the molecule is CCCCCCCCCCCCCC/C=C\CCCCCCCCCCCCCC(=O)NC(CO)C(O)/C=C/CC/C=C/CCCCCCCCCCCCCCCCCCCCC. The second-order valence-electron chi connectivity index (χ2n) is 20.1. The Labute approximate surface area is 402 Å². The van der Waals surface area contributed by atoms with E-state index >= 15 is 0 Å². The van der Waals surface area contributed by atoms with Crippen LogP contribution >= 0.6 is 0 Å². The molecule has 0 rings (SSSR count). The fourth-order valence-electron chi connectivity index (χ4n) is 9.13. The minimum absolute atomic E-state index is 0.0701. The van der Waals surface area contributed by atoms with Crippen molar-refractivity contribution in [1.82, 2.24) is 5.32 Å². The average molecular weight is 899 g/mol. The van der Waals surface area contributed by atoms with Crippen molar-refractivity contribution in [3.05, 3.63) is 36.5 Å². The number of allylic oxidation sites excluding steroid dienone is 5. The number of hydrogen-bond donors (Lipinski definition) is 3. The Kier molecular flexibility index (Phi) is 54.7. The van der Waals surface area contributed by atoms with Crippen LogP contribution in [0, 0.1) is 0 Å². The summed E-state index contributed by atoms with van der Waals surface area (Å²) in [6.45, 7) is 4.34. The molecule has 0 bridgehead atoms. The molecule has 378 valence electrons. The number of carbonyl (C=O) groups excluding carboxylic acids is 1. The lowest BCUT2D eigenvalue weighted by atomic mass is 10.0. The second kappa shape index (κ2) is 55.9. The zero-order chi connectivity index (χ0) is 46.3. The van der Waals surface area contributed by atoms with E-state index < -0.39 is 12.1 Å². The molecular weight excluding hydrogens is 783 g/mol. The maximum atomic E-state index is 12.5. The van der Waals surface area contributed by atoms with Gasteiger partial charge >= 0.3 is 0 Å². The van der Waals surface area contributed by atoms with Crippen LogP contribution in [0.2, 0.25) is 0 Å². The summed E-state index contributed by atoms with van der Waals surface area (Å²) in [6.07, 6.45) is 76.1. The van der Waals surface area contributed by atoms with Crippen molar-refractivity contribution >= 4 is 5.91 Å². The van der Waals surface area contributed by atoms with E-state index in [1.165, 1.54) is 270 Å². The van der Waals surface area contributed by atoms with Gasteiger partial charge in [-0.05, 0) is 57.8 Å². The average Bonchev–Trinajstić information content (AvgIpc) is 3.30. The second-order valence-corrected chi connectivity index (χ2v) is 20.1. The Hall–Kier alpha value is -1.39. The quantitative estimate of drug-likeness (QED) is 0.0421. The first-order valence-corrected chi connectivity index (χ1v) is 29.2. The predicted octanol–water partition coefficient (Wildman–Crippen LogP) is 19.3. The van der Waals surface area contributed by atoms with Gasteiger partial charge in [-0.1, -0.05) is 294 Å². The van der Waals surface area contributed by atoms with Crippen molar-refractivity contribution in [2.45, 2.75) is 334 Å². The first-order chi connectivity index (χ1) is 31.7. The zero-order valence-electron chi connectivity index (χ0n) is 43.6. The van der Waals surface area contributed by atoms with Crippen LogP contribution in [0.1, 0.15) is 322 Å². The molecule has 0 saturated heterocycles. The summed E-state index contributed by atoms with van der Waals surface area (Å²) in [4.78, 5) is 12.5. The zero-order valence-corrected chi connectivity index (χ0v) is 43.6. The molecule has 4 heteroatoms. The molecule has 3 N–H and O–H groups in total. The van der Waals surface area contributed by atoms with E-state index in [0.29, 0.717) is 6.42 Å². The van der Waals surface area contributed by atoms with Gasteiger partial charge in [0.25, 0.3) is 0 Å². The molecule has 0 heterocycles. The van der Waals surface area contributed by atoms with E-state index in [-0.39, 0.29) is 12.5 Å². The van der Waals surface area contributed by atoms with E-state index in [4.69, 9.17) is 0 Å². The van der Waals surface area contributed by atoms with E-state index in [0.717, 1.165) is 32.1 Å². The standard InChI is InChI=1S/C60H115NO3/c1-3-5-7-9-11-13-15-17-19-21-23-25-27-29-30-32-34-36-38-40-42-44-46-48-50-52-54-56-60(64)61-58(57-62)59(63)55-53-51-49-47-45-43-41-39-37-35-33-31-28-26-24-22-20-18-16-14-12-10-8-6-4-2/h29-30,45,47,53,55,58-59,62-63H,3-28,31-44,46,48-52,54,56-57H2,1-2H3,(H,61,64)/b30-29-,47-45+,55-53+. The molecule has 0 saturated carbocycles. The predicted molar refractivity (Wildman–Crippen MR) is 285 cm³/mol. The highest BCUT2D eigenvalue weighted by Crippen LogP contribution is 2.17. The summed E-state index contributed by atoms with van der Waals surface area (Å²) in [5, 5.41) is 23.2. The highest BCUT2D eigenvalue weighted by atomic mass is 16.3. The molecule has 0 radical (unpaired) electrons. The topological polar surface area (TPSA) is 69.6 Å². The number of hydrogen-bond acceptors (Lipinski definition) is 3. The van der Waals surface area contributed by atoms with Crippen LogP contribution in [-0.2, 0) is 4.79 Å². The van der Waals surface area contributed by atoms with E-state index in [1.54, 1.807) is 6.08 Å². The number of rotatable bonds is 54. The summed E-state index contributed by atoms with van der Waals surface area (Å²) >= 11 is 0. The van der Waals surface area contributed by atoms with Crippen LogP contribution in [0.3, 0.4) is 0 Å². The maximum absolute atomic E-state index is 12.5. The third-order valence-corrected chi connectivity index (χ3v) is 13.6. The fraction of sp³-hybridized carbons (Fsp3) is 0.883. The third-order valence-electron chi connectivity index (χ3n) is 13.6. The van der Waals surface area contributed by atoms with Gasteiger partial charge < -0.3 is 15.5 Å². The van der Waals surface area contributed by atoms with Gasteiger partial charge in [0.2, 0.25) is 5.91 Å². The van der Waals surface area contributed by atoms with E-state index in [2.05, 4.69) is 43.5 Å². The van der Waals surface area contributed by atoms with Crippen molar-refractivity contribution < 1.29 is 15.0 Å². The van der Waals surface area contributed by atoms with E-state index in [9.17, 15) is 15.0 Å². The van der Waals surface area contributed by atoms with Gasteiger partial charge in [0, 0.05) is 6.42 Å². The summed E-state index contributed by atoms with van der Waals surface area (Å²) in [5.41, 5.74) is 0. The molecule has 64 heavy (non-hydrogen) atoms. The molecule has 2 atom stereocenters. The van der Waals surface area contributed by atoms with Crippen molar-refractivity contribution in [3.63, 3.8) is 0 Å². The van der Waals surface area contributed by atoms with Crippen molar-refractivity contribution in [1.29, 1.82) is 0 Å². The normalized spacial score (nSPS) is 13.0. The molecule has 0 aromatic rings. The Balaban J connectivity index is 3.51. The third kappa shape index (κ3) is 51.6. The molecule has 4 nitrogen and oxygen atoms in total. The summed E-state index contributed by atoms with van der Waals surface area (Å²) < 4.78 is 0. The van der Waals surface area contributed by atoms with Gasteiger partial charge in [-0.2, -0.15) is 0 Å². The monoisotopic (exact) mass is 898 g/mol. The lowest BCUT2D eigenvalue weighted by Gasteiger charge is -2.19. The van der Waals surface area contributed by atoms with Crippen molar-refractivity contribution in [2.24, 2.45) is 0 Å². The summed E-state index contributed by atoms with van der Waals surface area (Å²) in [5.74, 6) is -0.0701. The van der Waals surface area contributed by atoms with Crippen LogP contribution in [0.25, 0.3) is 0 Å². The van der Waals surface area contributed by atoms with Crippen LogP contribution < -0.4 is 5.32 Å². The highest BCUT2D eigenvalue weighted by molar-refractivity contribution is 5.76. The van der Waals surface area contributed by atoms with Crippen molar-refractivity contribution in [3.8, 4) is 0 Å². The number of aliphatic hydroxyl groups is 2. The molecule has 0 aliphatic rings. The van der Waals surface area contributed by atoms with Gasteiger partial charge in [0.1, 0.15) is 0 Å². The first kappa shape index (κ1) is 62.6. The number of aliphatic hydroxyl groups excluding tert-OH is 2. The lowest BCUT2D eigenvalue weighted by Crippen LogP contribution is -2.45. The van der Waals surface area contributed by atoms with Crippen molar-refractivity contribution in [2.75, 3.05) is 6.61 Å². The molecular formula is C60H115NO3. The van der Waals surface area contributed by atoms with Crippen LogP contribution in [0.15, 0.2) is 36.5 Å².